The van der Waals surface area contributed by atoms with Gasteiger partial charge in [-0.2, -0.15) is 0 Å². The van der Waals surface area contributed by atoms with Crippen LogP contribution in [-0.4, -0.2) is 56.9 Å². The summed E-state index contributed by atoms with van der Waals surface area (Å²) < 4.78 is 0. The summed E-state index contributed by atoms with van der Waals surface area (Å²) in [5.74, 6) is -2.58. The Bertz CT molecular complexity index is 317. The minimum absolute atomic E-state index is 0.0305. The van der Waals surface area contributed by atoms with E-state index in [4.69, 9.17) is 21.1 Å². The maximum Gasteiger partial charge on any atom is 0.414 e. The van der Waals surface area contributed by atoms with E-state index in [9.17, 15) is 14.4 Å². The first-order chi connectivity index (χ1) is 8.32. The molecule has 0 saturated carbocycles. The third kappa shape index (κ3) is 4.68. The molecule has 0 heterocycles. The van der Waals surface area contributed by atoms with Crippen molar-refractivity contribution >= 4 is 18.0 Å². The first-order valence-corrected chi connectivity index (χ1v) is 5.49. The van der Waals surface area contributed by atoms with Crippen LogP contribution >= 0.6 is 0 Å². The van der Waals surface area contributed by atoms with Crippen LogP contribution in [0.3, 0.4) is 0 Å². The Morgan fingerprint density at radius 1 is 1.22 bits per heavy atom. The van der Waals surface area contributed by atoms with Crippen LogP contribution in [0.15, 0.2) is 0 Å². The Labute approximate surface area is 104 Å². The number of unbranched alkanes of at least 4 members (excludes halogenated alkanes) is 1. The largest absolute Gasteiger partial charge is 0.480 e. The van der Waals surface area contributed by atoms with Crippen LogP contribution in [0.25, 0.3) is 0 Å². The number of hydrogen-bond acceptors (Lipinski definition) is 5. The Morgan fingerprint density at radius 3 is 2.11 bits per heavy atom. The lowest BCUT2D eigenvalue weighted by atomic mass is 10.1. The van der Waals surface area contributed by atoms with Crippen molar-refractivity contribution in [1.29, 1.82) is 0 Å². The number of nitrogens with two attached hydrogens (primary N) is 1. The van der Waals surface area contributed by atoms with Gasteiger partial charge in [-0.1, -0.05) is 0 Å². The highest BCUT2D eigenvalue weighted by molar-refractivity contribution is 5.97. The third-order valence-electron chi connectivity index (χ3n) is 2.33. The lowest BCUT2D eigenvalue weighted by Crippen LogP contribution is -2.51. The van der Waals surface area contributed by atoms with Crippen LogP contribution in [0.5, 0.6) is 0 Å². The van der Waals surface area contributed by atoms with Crippen LogP contribution in [0, 0.1) is 0 Å². The summed E-state index contributed by atoms with van der Waals surface area (Å²) in [5.41, 5.74) is 5.25. The Kier molecular flexibility index (Phi) is 6.91. The molecule has 0 aliphatic carbocycles. The molecule has 0 aromatic heterocycles. The number of carbonyl (C=O) groups excluding carboxylic acids is 1. The van der Waals surface area contributed by atoms with Crippen LogP contribution in [-0.2, 0) is 9.59 Å². The molecular weight excluding hydrogens is 244 g/mol. The summed E-state index contributed by atoms with van der Waals surface area (Å²) in [6, 6.07) is -1.50. The number of aliphatic hydroxyl groups is 1. The van der Waals surface area contributed by atoms with E-state index in [-0.39, 0.29) is 11.3 Å². The van der Waals surface area contributed by atoms with E-state index in [1.54, 1.807) is 0 Å². The van der Waals surface area contributed by atoms with Gasteiger partial charge in [0.1, 0.15) is 12.1 Å². The molecule has 0 aromatic carbocycles. The molecule has 0 aliphatic rings. The topological polar surface area (TPSA) is 141 Å². The van der Waals surface area contributed by atoms with Gasteiger partial charge in [-0.15, -0.1) is 0 Å². The van der Waals surface area contributed by atoms with Gasteiger partial charge in [-0.3, -0.25) is 4.79 Å². The lowest BCUT2D eigenvalue weighted by Gasteiger charge is -2.25. The van der Waals surface area contributed by atoms with Gasteiger partial charge in [0.2, 0.25) is 0 Å². The second-order valence-corrected chi connectivity index (χ2v) is 3.81. The van der Waals surface area contributed by atoms with Gasteiger partial charge in [0, 0.05) is 0 Å². The first kappa shape index (κ1) is 16.3. The van der Waals surface area contributed by atoms with E-state index >= 15 is 0 Å². The molecule has 0 spiro atoms. The molecule has 2 atom stereocenters. The van der Waals surface area contributed by atoms with E-state index in [1.165, 1.54) is 0 Å². The van der Waals surface area contributed by atoms with Crippen molar-refractivity contribution in [2.45, 2.75) is 38.3 Å². The Morgan fingerprint density at radius 2 is 1.78 bits per heavy atom. The summed E-state index contributed by atoms with van der Waals surface area (Å²) in [4.78, 5) is 33.6. The smallest absolute Gasteiger partial charge is 0.414 e. The van der Waals surface area contributed by atoms with Gasteiger partial charge in [-0.05, 0) is 32.7 Å². The number of aliphatic hydroxyl groups excluding tert-OH is 1. The highest BCUT2D eigenvalue weighted by atomic mass is 16.4. The normalized spacial score (nSPS) is 13.7. The standard InChI is InChI=1S/C10H18N2O6/c1-6(13)8(14)12(10(17)18)7(9(15)16)4-2-3-5-11/h6-7,13H,2-5,11H2,1H3,(H,15,16)(H,17,18)/t6?,7-/m0/s1. The van der Waals surface area contributed by atoms with Gasteiger partial charge < -0.3 is 21.1 Å². The molecule has 0 saturated heterocycles. The maximum absolute atomic E-state index is 11.5. The molecule has 0 rings (SSSR count). The SMILES string of the molecule is CC(O)C(=O)N(C(=O)O)[C@@H](CCCCN)C(=O)O. The van der Waals surface area contributed by atoms with Crippen LogP contribution < -0.4 is 5.73 Å². The molecule has 0 fully saturated rings. The van der Waals surface area contributed by atoms with Gasteiger partial charge >= 0.3 is 12.1 Å². The van der Waals surface area contributed by atoms with E-state index in [1.807, 2.05) is 0 Å². The zero-order valence-electron chi connectivity index (χ0n) is 10.1. The fraction of sp³-hybridized carbons (Fsp3) is 0.700. The summed E-state index contributed by atoms with van der Waals surface area (Å²) in [5, 5.41) is 26.9. The molecule has 0 radical (unpaired) electrons. The van der Waals surface area contributed by atoms with Crippen molar-refractivity contribution < 1.29 is 29.7 Å². The van der Waals surface area contributed by atoms with Crippen LogP contribution in [0.1, 0.15) is 26.2 Å². The van der Waals surface area contributed by atoms with Crippen molar-refractivity contribution in [3.05, 3.63) is 0 Å². The fourth-order valence-corrected chi connectivity index (χ4v) is 1.43. The molecule has 8 heteroatoms. The molecule has 2 amide bonds. The zero-order chi connectivity index (χ0) is 14.3. The van der Waals surface area contributed by atoms with Crippen molar-refractivity contribution in [1.82, 2.24) is 4.90 Å². The number of carboxylic acids is 1. The van der Waals surface area contributed by atoms with Crippen molar-refractivity contribution in [2.24, 2.45) is 5.73 Å². The summed E-state index contributed by atoms with van der Waals surface area (Å²) in [6.45, 7) is 1.43. The highest BCUT2D eigenvalue weighted by Gasteiger charge is 2.36. The predicted molar refractivity (Wildman–Crippen MR) is 60.9 cm³/mol. The number of amides is 2. The molecule has 8 nitrogen and oxygen atoms in total. The second-order valence-electron chi connectivity index (χ2n) is 3.81. The number of hydrogen-bond donors (Lipinski definition) is 4. The molecule has 1 unspecified atom stereocenters. The second kappa shape index (κ2) is 7.62. The molecular formula is C10H18N2O6. The van der Waals surface area contributed by atoms with Crippen molar-refractivity contribution in [3.63, 3.8) is 0 Å². The summed E-state index contributed by atoms with van der Waals surface area (Å²) in [6.07, 6.45) is -2.39. The van der Waals surface area contributed by atoms with Crippen molar-refractivity contribution in [3.8, 4) is 0 Å². The zero-order valence-corrected chi connectivity index (χ0v) is 10.1. The minimum atomic E-state index is -1.69. The van der Waals surface area contributed by atoms with Gasteiger partial charge in [0.05, 0.1) is 0 Å². The Hall–Kier alpha value is -1.67. The molecule has 104 valence electrons. The van der Waals surface area contributed by atoms with E-state index < -0.39 is 30.1 Å². The first-order valence-electron chi connectivity index (χ1n) is 5.49. The fourth-order valence-electron chi connectivity index (χ4n) is 1.43. The number of rotatable bonds is 7. The molecule has 0 bridgehead atoms. The highest BCUT2D eigenvalue weighted by Crippen LogP contribution is 2.12. The monoisotopic (exact) mass is 262 g/mol. The quantitative estimate of drug-likeness (QED) is 0.451. The predicted octanol–water partition coefficient (Wildman–Crippen LogP) is -0.544. The maximum atomic E-state index is 11.5. The lowest BCUT2D eigenvalue weighted by molar-refractivity contribution is -0.151. The van der Waals surface area contributed by atoms with E-state index in [0.717, 1.165) is 6.92 Å². The average molecular weight is 262 g/mol. The van der Waals surface area contributed by atoms with Gasteiger partial charge in [0.25, 0.3) is 5.91 Å². The molecule has 18 heavy (non-hydrogen) atoms. The van der Waals surface area contributed by atoms with Crippen LogP contribution in [0.2, 0.25) is 0 Å². The Balaban J connectivity index is 4.94. The molecule has 0 aromatic rings. The van der Waals surface area contributed by atoms with Crippen molar-refractivity contribution in [2.75, 3.05) is 6.54 Å². The molecule has 5 N–H and O–H groups in total. The van der Waals surface area contributed by atoms with Gasteiger partial charge in [0.15, 0.2) is 0 Å². The number of carboxylic acid groups (broad SMARTS) is 2. The van der Waals surface area contributed by atoms with E-state index in [2.05, 4.69) is 0 Å². The number of imide groups is 1. The summed E-state index contributed by atoms with van der Waals surface area (Å²) in [7, 11) is 0. The van der Waals surface area contributed by atoms with Gasteiger partial charge in [-0.25, -0.2) is 14.5 Å². The van der Waals surface area contributed by atoms with E-state index in [0.29, 0.717) is 19.4 Å². The number of carbonyl (C=O) groups is 3. The van der Waals surface area contributed by atoms with Crippen LogP contribution in [0.4, 0.5) is 4.79 Å². The number of aliphatic carboxylic acids is 1. The summed E-state index contributed by atoms with van der Waals surface area (Å²) >= 11 is 0. The average Bonchev–Trinajstić information content (AvgIpc) is 2.26. The third-order valence-corrected chi connectivity index (χ3v) is 2.33. The molecule has 0 aliphatic heterocycles. The minimum Gasteiger partial charge on any atom is -0.480 e. The number of nitrogens with zero attached hydrogens (tertiary/aromatic N) is 1.